The second-order valence-electron chi connectivity index (χ2n) is 5.07. The lowest BCUT2D eigenvalue weighted by Crippen LogP contribution is -2.12. The fraction of sp³-hybridized carbons (Fsp3) is 0.286. The molecule has 3 rings (SSSR count). The van der Waals surface area contributed by atoms with Crippen LogP contribution in [0, 0.1) is 6.92 Å². The summed E-state index contributed by atoms with van der Waals surface area (Å²) in [5.41, 5.74) is 2.47. The first-order valence-corrected chi connectivity index (χ1v) is 6.47. The molecule has 102 valence electrons. The van der Waals surface area contributed by atoms with Crippen molar-refractivity contribution in [3.05, 3.63) is 40.2 Å². The second kappa shape index (κ2) is 4.56. The number of H-pyrrole nitrogens is 2. The highest BCUT2D eigenvalue weighted by Gasteiger charge is 2.12. The maximum Gasteiger partial charge on any atom is 0.259 e. The number of aromatic amines is 2. The highest BCUT2D eigenvalue weighted by atomic mass is 16.1. The summed E-state index contributed by atoms with van der Waals surface area (Å²) in [7, 11) is 0. The van der Waals surface area contributed by atoms with Gasteiger partial charge in [0.2, 0.25) is 0 Å². The van der Waals surface area contributed by atoms with Gasteiger partial charge in [-0.1, -0.05) is 13.8 Å². The van der Waals surface area contributed by atoms with Gasteiger partial charge in [0.15, 0.2) is 0 Å². The van der Waals surface area contributed by atoms with Crippen molar-refractivity contribution in [1.82, 2.24) is 25.1 Å². The molecule has 3 aromatic rings. The summed E-state index contributed by atoms with van der Waals surface area (Å²) in [6, 6.07) is 3.57. The van der Waals surface area contributed by atoms with Gasteiger partial charge >= 0.3 is 0 Å². The lowest BCUT2D eigenvalue weighted by atomic mass is 10.1. The molecule has 0 aliphatic heterocycles. The van der Waals surface area contributed by atoms with Crippen molar-refractivity contribution in [2.45, 2.75) is 26.7 Å². The van der Waals surface area contributed by atoms with Crippen LogP contribution in [0.2, 0.25) is 0 Å². The van der Waals surface area contributed by atoms with Crippen LogP contribution >= 0.6 is 0 Å². The van der Waals surface area contributed by atoms with Crippen LogP contribution in [0.5, 0.6) is 0 Å². The van der Waals surface area contributed by atoms with E-state index in [0.717, 1.165) is 16.9 Å². The zero-order valence-corrected chi connectivity index (χ0v) is 11.6. The summed E-state index contributed by atoms with van der Waals surface area (Å²) in [6.45, 7) is 5.97. The third-order valence-electron chi connectivity index (χ3n) is 3.23. The molecule has 0 amide bonds. The number of fused-ring (bicyclic) bond motifs is 1. The molecule has 6 heteroatoms. The van der Waals surface area contributed by atoms with E-state index in [2.05, 4.69) is 25.1 Å². The summed E-state index contributed by atoms with van der Waals surface area (Å²) < 4.78 is 0. The van der Waals surface area contributed by atoms with Gasteiger partial charge in [-0.3, -0.25) is 9.89 Å². The first kappa shape index (κ1) is 12.5. The van der Waals surface area contributed by atoms with Crippen LogP contribution in [0.4, 0.5) is 0 Å². The smallest absolute Gasteiger partial charge is 0.259 e. The average molecular weight is 269 g/mol. The van der Waals surface area contributed by atoms with Crippen LogP contribution in [0.1, 0.15) is 31.3 Å². The molecule has 0 aliphatic carbocycles. The van der Waals surface area contributed by atoms with Gasteiger partial charge in [-0.05, 0) is 19.1 Å². The predicted molar refractivity (Wildman–Crippen MR) is 76.6 cm³/mol. The van der Waals surface area contributed by atoms with Gasteiger partial charge in [-0.25, -0.2) is 9.97 Å². The quantitative estimate of drug-likeness (QED) is 0.746. The van der Waals surface area contributed by atoms with Gasteiger partial charge in [0.25, 0.3) is 5.56 Å². The topological polar surface area (TPSA) is 87.3 Å². The average Bonchev–Trinajstić information content (AvgIpc) is 2.91. The van der Waals surface area contributed by atoms with E-state index in [1.54, 1.807) is 18.3 Å². The van der Waals surface area contributed by atoms with Crippen molar-refractivity contribution >= 4 is 11.0 Å². The molecule has 0 spiro atoms. The molecule has 0 saturated heterocycles. The zero-order valence-electron chi connectivity index (χ0n) is 11.6. The molecule has 0 aromatic carbocycles. The van der Waals surface area contributed by atoms with E-state index < -0.39 is 0 Å². The van der Waals surface area contributed by atoms with Gasteiger partial charge in [0.05, 0.1) is 17.0 Å². The second-order valence-corrected chi connectivity index (χ2v) is 5.07. The zero-order chi connectivity index (χ0) is 14.3. The van der Waals surface area contributed by atoms with E-state index in [0.29, 0.717) is 16.9 Å². The molecule has 0 unspecified atom stereocenters. The SMILES string of the molecule is Cc1nc(C(C)C)nc2[nH]c(=O)c(-c3ccn[nH]3)cc12. The predicted octanol–water partition coefficient (Wildman–Crippen LogP) is 2.14. The maximum absolute atomic E-state index is 12.2. The Labute approximate surface area is 115 Å². The summed E-state index contributed by atoms with van der Waals surface area (Å²) >= 11 is 0. The summed E-state index contributed by atoms with van der Waals surface area (Å²) in [4.78, 5) is 23.9. The van der Waals surface area contributed by atoms with Gasteiger partial charge in [-0.15, -0.1) is 0 Å². The Morgan fingerprint density at radius 2 is 2.05 bits per heavy atom. The molecular weight excluding hydrogens is 254 g/mol. The van der Waals surface area contributed by atoms with Crippen molar-refractivity contribution in [2.24, 2.45) is 0 Å². The minimum Gasteiger partial charge on any atom is -0.306 e. The van der Waals surface area contributed by atoms with Gasteiger partial charge < -0.3 is 4.98 Å². The van der Waals surface area contributed by atoms with E-state index in [9.17, 15) is 4.79 Å². The van der Waals surface area contributed by atoms with Crippen molar-refractivity contribution < 1.29 is 0 Å². The van der Waals surface area contributed by atoms with Crippen LogP contribution in [0.15, 0.2) is 23.1 Å². The number of hydrogen-bond donors (Lipinski definition) is 2. The molecule has 0 aliphatic rings. The monoisotopic (exact) mass is 269 g/mol. The van der Waals surface area contributed by atoms with E-state index in [4.69, 9.17) is 0 Å². The van der Waals surface area contributed by atoms with Crippen LogP contribution in [-0.2, 0) is 0 Å². The molecule has 3 aromatic heterocycles. The molecule has 0 atom stereocenters. The van der Waals surface area contributed by atoms with Crippen molar-refractivity contribution in [1.29, 1.82) is 0 Å². The van der Waals surface area contributed by atoms with Crippen LogP contribution in [0.3, 0.4) is 0 Å². The Morgan fingerprint density at radius 3 is 2.70 bits per heavy atom. The van der Waals surface area contributed by atoms with E-state index in [1.807, 2.05) is 20.8 Å². The fourth-order valence-corrected chi connectivity index (χ4v) is 2.12. The maximum atomic E-state index is 12.2. The number of aromatic nitrogens is 5. The first-order valence-electron chi connectivity index (χ1n) is 6.47. The Bertz CT molecular complexity index is 817. The molecule has 0 radical (unpaired) electrons. The largest absolute Gasteiger partial charge is 0.306 e. The van der Waals surface area contributed by atoms with Crippen LogP contribution in [0.25, 0.3) is 22.3 Å². The Morgan fingerprint density at radius 1 is 1.25 bits per heavy atom. The number of rotatable bonds is 2. The Kier molecular flexibility index (Phi) is 2.85. The number of aryl methyl sites for hydroxylation is 1. The minimum atomic E-state index is -0.186. The van der Waals surface area contributed by atoms with Crippen LogP contribution < -0.4 is 5.56 Å². The van der Waals surface area contributed by atoms with Gasteiger partial charge in [0, 0.05) is 17.5 Å². The molecular formula is C14H15N5O. The van der Waals surface area contributed by atoms with E-state index in [1.165, 1.54) is 0 Å². The van der Waals surface area contributed by atoms with Gasteiger partial charge in [0.1, 0.15) is 11.5 Å². The number of hydrogen-bond acceptors (Lipinski definition) is 4. The van der Waals surface area contributed by atoms with E-state index in [-0.39, 0.29) is 11.5 Å². The van der Waals surface area contributed by atoms with Crippen LogP contribution in [-0.4, -0.2) is 25.1 Å². The molecule has 20 heavy (non-hydrogen) atoms. The molecule has 0 fully saturated rings. The molecule has 3 heterocycles. The number of nitrogens with zero attached hydrogens (tertiary/aromatic N) is 3. The van der Waals surface area contributed by atoms with Crippen molar-refractivity contribution in [3.8, 4) is 11.3 Å². The number of nitrogens with one attached hydrogen (secondary N) is 2. The van der Waals surface area contributed by atoms with Crippen molar-refractivity contribution in [2.75, 3.05) is 0 Å². The number of pyridine rings is 1. The fourth-order valence-electron chi connectivity index (χ4n) is 2.12. The Balaban J connectivity index is 2.29. The highest BCUT2D eigenvalue weighted by molar-refractivity contribution is 5.81. The molecule has 6 nitrogen and oxygen atoms in total. The van der Waals surface area contributed by atoms with Crippen molar-refractivity contribution in [3.63, 3.8) is 0 Å². The third-order valence-corrected chi connectivity index (χ3v) is 3.23. The molecule has 0 bridgehead atoms. The normalized spacial score (nSPS) is 11.4. The summed E-state index contributed by atoms with van der Waals surface area (Å²) in [5.74, 6) is 0.953. The molecule has 0 saturated carbocycles. The third kappa shape index (κ3) is 1.99. The Hall–Kier alpha value is -2.50. The first-order chi connectivity index (χ1) is 9.56. The lowest BCUT2D eigenvalue weighted by Gasteiger charge is -2.08. The minimum absolute atomic E-state index is 0.186. The lowest BCUT2D eigenvalue weighted by molar-refractivity contribution is 0.774. The highest BCUT2D eigenvalue weighted by Crippen LogP contribution is 2.20. The van der Waals surface area contributed by atoms with Gasteiger partial charge in [-0.2, -0.15) is 5.10 Å². The standard InChI is InChI=1S/C14H15N5O/c1-7(2)12-16-8(3)9-6-10(11-4-5-15-19-11)14(20)18-13(9)17-12/h4-7H,1-3H3,(H,15,19)(H,16,17,18,20). The summed E-state index contributed by atoms with van der Waals surface area (Å²) in [6.07, 6.45) is 1.62. The van der Waals surface area contributed by atoms with E-state index >= 15 is 0 Å². The molecule has 2 N–H and O–H groups in total. The summed E-state index contributed by atoms with van der Waals surface area (Å²) in [5, 5.41) is 7.51.